The van der Waals surface area contributed by atoms with E-state index in [1.165, 1.54) is 25.7 Å². The third-order valence-electron chi connectivity index (χ3n) is 6.13. The van der Waals surface area contributed by atoms with Gasteiger partial charge in [0, 0.05) is 6.61 Å². The van der Waals surface area contributed by atoms with Gasteiger partial charge < -0.3 is 9.84 Å². The molecule has 22 heavy (non-hydrogen) atoms. The number of rotatable bonds is 7. The van der Waals surface area contributed by atoms with Crippen molar-refractivity contribution in [2.45, 2.75) is 90.6 Å². The van der Waals surface area contributed by atoms with Gasteiger partial charge >= 0.3 is 5.97 Å². The molecule has 2 saturated carbocycles. The molecule has 2 rings (SSSR count). The summed E-state index contributed by atoms with van der Waals surface area (Å²) in [4.78, 5) is 12.1. The number of hydrogen-bond donors (Lipinski definition) is 1. The molecule has 1 N–H and O–H groups in total. The van der Waals surface area contributed by atoms with E-state index < -0.39 is 11.4 Å². The van der Waals surface area contributed by atoms with Gasteiger partial charge in [-0.05, 0) is 56.8 Å². The molecule has 0 unspecified atom stereocenters. The summed E-state index contributed by atoms with van der Waals surface area (Å²) in [6.45, 7) is 5.19. The highest BCUT2D eigenvalue weighted by Crippen LogP contribution is 2.50. The van der Waals surface area contributed by atoms with E-state index in [2.05, 4.69) is 13.8 Å². The smallest absolute Gasteiger partial charge is 0.309 e. The van der Waals surface area contributed by atoms with Crippen LogP contribution >= 0.6 is 0 Å². The maximum absolute atomic E-state index is 12.1. The maximum Gasteiger partial charge on any atom is 0.309 e. The van der Waals surface area contributed by atoms with E-state index in [9.17, 15) is 9.90 Å². The summed E-state index contributed by atoms with van der Waals surface area (Å²) in [5.74, 6) is 0.696. The van der Waals surface area contributed by atoms with Crippen molar-refractivity contribution in [3.8, 4) is 0 Å². The molecule has 0 aromatic rings. The van der Waals surface area contributed by atoms with Gasteiger partial charge in [0.1, 0.15) is 0 Å². The van der Waals surface area contributed by atoms with Crippen LogP contribution in [0.2, 0.25) is 0 Å². The van der Waals surface area contributed by atoms with Gasteiger partial charge in [0.25, 0.3) is 0 Å². The molecule has 0 amide bonds. The summed E-state index contributed by atoms with van der Waals surface area (Å²) in [7, 11) is 0. The molecule has 0 aromatic carbocycles. The highest BCUT2D eigenvalue weighted by Gasteiger charge is 2.48. The lowest BCUT2D eigenvalue weighted by Crippen LogP contribution is -2.44. The van der Waals surface area contributed by atoms with Crippen LogP contribution in [0.4, 0.5) is 0 Å². The van der Waals surface area contributed by atoms with Crippen LogP contribution in [0.1, 0.15) is 84.5 Å². The average Bonchev–Trinajstić information content (AvgIpc) is 2.54. The normalized spacial score (nSPS) is 36.2. The molecular formula is C19H34O3. The van der Waals surface area contributed by atoms with Gasteiger partial charge in [0.15, 0.2) is 0 Å². The molecule has 3 nitrogen and oxygen atoms in total. The number of carbonyl (C=O) groups is 1. The van der Waals surface area contributed by atoms with Crippen LogP contribution in [-0.2, 0) is 9.53 Å². The average molecular weight is 310 g/mol. The van der Waals surface area contributed by atoms with Crippen LogP contribution < -0.4 is 0 Å². The molecular weight excluding hydrogens is 276 g/mol. The van der Waals surface area contributed by atoms with Crippen molar-refractivity contribution in [3.63, 3.8) is 0 Å². The monoisotopic (exact) mass is 310 g/mol. The molecule has 0 aliphatic heterocycles. The molecule has 0 heterocycles. The number of ether oxygens (including phenoxy) is 1. The highest BCUT2D eigenvalue weighted by molar-refractivity contribution is 5.75. The van der Waals surface area contributed by atoms with Crippen molar-refractivity contribution in [2.24, 2.45) is 17.3 Å². The summed E-state index contributed by atoms with van der Waals surface area (Å²) < 4.78 is 5.85. The summed E-state index contributed by atoms with van der Waals surface area (Å²) in [6.07, 6.45) is 12.1. The molecule has 0 aromatic heterocycles. The van der Waals surface area contributed by atoms with Gasteiger partial charge in [-0.1, -0.05) is 39.5 Å². The fourth-order valence-electron chi connectivity index (χ4n) is 4.77. The zero-order valence-electron chi connectivity index (χ0n) is 14.5. The Morgan fingerprint density at radius 2 is 1.68 bits per heavy atom. The Hall–Kier alpha value is -0.570. The Morgan fingerprint density at radius 1 is 1.05 bits per heavy atom. The first kappa shape index (κ1) is 17.8. The Bertz CT molecular complexity index is 337. The maximum atomic E-state index is 12.1. The number of hydrogen-bond acceptors (Lipinski definition) is 2. The topological polar surface area (TPSA) is 46.5 Å². The molecule has 2 fully saturated rings. The lowest BCUT2D eigenvalue weighted by Gasteiger charge is -2.45. The Morgan fingerprint density at radius 3 is 2.18 bits per heavy atom. The van der Waals surface area contributed by atoms with E-state index in [1.54, 1.807) is 0 Å². The first-order valence-corrected chi connectivity index (χ1v) is 9.47. The van der Waals surface area contributed by atoms with Crippen molar-refractivity contribution in [1.29, 1.82) is 0 Å². The standard InChI is InChI=1S/C19H34O3/c1-3-5-15-6-8-16(9-7-15)19(18(20)21)12-10-17(11-13-19)22-14-4-2/h15-17H,3-14H2,1-2H3,(H,20,21). The van der Waals surface area contributed by atoms with Gasteiger partial charge in [-0.2, -0.15) is 0 Å². The number of aliphatic carboxylic acids is 1. The fraction of sp³-hybridized carbons (Fsp3) is 0.947. The Balaban J connectivity index is 1.92. The van der Waals surface area contributed by atoms with Crippen LogP contribution in [0.3, 0.4) is 0 Å². The third kappa shape index (κ3) is 4.04. The van der Waals surface area contributed by atoms with Crippen LogP contribution in [-0.4, -0.2) is 23.8 Å². The van der Waals surface area contributed by atoms with Crippen LogP contribution in [0.25, 0.3) is 0 Å². The van der Waals surface area contributed by atoms with Crippen molar-refractivity contribution in [2.75, 3.05) is 6.61 Å². The quantitative estimate of drug-likeness (QED) is 0.717. The van der Waals surface area contributed by atoms with Crippen LogP contribution in [0, 0.1) is 17.3 Å². The van der Waals surface area contributed by atoms with Crippen LogP contribution in [0.5, 0.6) is 0 Å². The van der Waals surface area contributed by atoms with Gasteiger partial charge in [-0.3, -0.25) is 4.79 Å². The van der Waals surface area contributed by atoms with E-state index in [0.717, 1.165) is 57.5 Å². The summed E-state index contributed by atoms with van der Waals surface area (Å²) in [5.41, 5.74) is -0.455. The minimum absolute atomic E-state index is 0.295. The molecule has 2 aliphatic carbocycles. The predicted molar refractivity (Wildman–Crippen MR) is 88.9 cm³/mol. The molecule has 2 aliphatic rings. The largest absolute Gasteiger partial charge is 0.481 e. The molecule has 3 heteroatoms. The van der Waals surface area contributed by atoms with Crippen molar-refractivity contribution >= 4 is 5.97 Å². The fourth-order valence-corrected chi connectivity index (χ4v) is 4.77. The number of carboxylic acids is 1. The second-order valence-corrected chi connectivity index (χ2v) is 7.54. The minimum Gasteiger partial charge on any atom is -0.481 e. The molecule has 128 valence electrons. The van der Waals surface area contributed by atoms with Crippen molar-refractivity contribution in [3.05, 3.63) is 0 Å². The third-order valence-corrected chi connectivity index (χ3v) is 6.13. The second-order valence-electron chi connectivity index (χ2n) is 7.54. The Labute approximate surface area is 135 Å². The van der Waals surface area contributed by atoms with E-state index in [4.69, 9.17) is 4.74 Å². The van der Waals surface area contributed by atoms with Gasteiger partial charge in [0.05, 0.1) is 11.5 Å². The second kappa shape index (κ2) is 8.33. The van der Waals surface area contributed by atoms with Gasteiger partial charge in [0.2, 0.25) is 0 Å². The predicted octanol–water partition coefficient (Wildman–Crippen LogP) is 5.03. The van der Waals surface area contributed by atoms with Crippen molar-refractivity contribution in [1.82, 2.24) is 0 Å². The summed E-state index contributed by atoms with van der Waals surface area (Å²) >= 11 is 0. The van der Waals surface area contributed by atoms with Crippen molar-refractivity contribution < 1.29 is 14.6 Å². The van der Waals surface area contributed by atoms with E-state index in [-0.39, 0.29) is 0 Å². The molecule has 0 saturated heterocycles. The SMILES string of the molecule is CCCOC1CCC(C(=O)O)(C2CCC(CCC)CC2)CC1. The number of carboxylic acid groups (broad SMARTS) is 1. The lowest BCUT2D eigenvalue weighted by atomic mass is 9.60. The Kier molecular flexibility index (Phi) is 6.73. The minimum atomic E-state index is -0.541. The van der Waals surface area contributed by atoms with E-state index in [0.29, 0.717) is 12.0 Å². The van der Waals surface area contributed by atoms with E-state index >= 15 is 0 Å². The van der Waals surface area contributed by atoms with Gasteiger partial charge in [-0.15, -0.1) is 0 Å². The summed E-state index contributed by atoms with van der Waals surface area (Å²) in [5, 5.41) is 9.93. The zero-order valence-corrected chi connectivity index (χ0v) is 14.5. The summed E-state index contributed by atoms with van der Waals surface area (Å²) in [6, 6.07) is 0. The van der Waals surface area contributed by atoms with Gasteiger partial charge in [-0.25, -0.2) is 0 Å². The molecule has 0 bridgehead atoms. The molecule has 0 radical (unpaired) electrons. The highest BCUT2D eigenvalue weighted by atomic mass is 16.5. The zero-order chi connectivity index (χ0) is 16.0. The van der Waals surface area contributed by atoms with E-state index in [1.807, 2.05) is 0 Å². The molecule has 0 atom stereocenters. The van der Waals surface area contributed by atoms with Crippen LogP contribution in [0.15, 0.2) is 0 Å². The first-order chi connectivity index (χ1) is 10.6. The lowest BCUT2D eigenvalue weighted by molar-refractivity contribution is -0.159. The molecule has 0 spiro atoms. The first-order valence-electron chi connectivity index (χ1n) is 9.47.